The van der Waals surface area contributed by atoms with Crippen LogP contribution in [-0.4, -0.2) is 36.5 Å². The van der Waals surface area contributed by atoms with Crippen LogP contribution in [0, 0.1) is 0 Å². The Morgan fingerprint density at radius 3 is 2.54 bits per heavy atom. The van der Waals surface area contributed by atoms with Crippen LogP contribution >= 0.6 is 40.7 Å². The Kier molecular flexibility index (Phi) is 10.5. The van der Waals surface area contributed by atoms with Crippen LogP contribution in [0.5, 0.6) is 0 Å². The summed E-state index contributed by atoms with van der Waals surface area (Å²) in [5.41, 5.74) is 6.09. The van der Waals surface area contributed by atoms with Crippen LogP contribution < -0.4 is 11.1 Å². The minimum atomic E-state index is -1.01. The monoisotopic (exact) mass is 439 g/mol. The molecule has 138 valence electrons. The molecule has 3 N–H and O–H groups in total. The van der Waals surface area contributed by atoms with Gasteiger partial charge in [0.15, 0.2) is 0 Å². The van der Waals surface area contributed by atoms with Gasteiger partial charge in [0.25, 0.3) is 0 Å². The fourth-order valence-electron chi connectivity index (χ4n) is 3.03. The van der Waals surface area contributed by atoms with E-state index in [1.165, 1.54) is 12.8 Å². The third-order valence-corrected chi connectivity index (χ3v) is 5.10. The number of likely N-dealkylation sites (tertiary alicyclic amines) is 1. The van der Waals surface area contributed by atoms with E-state index in [-0.39, 0.29) is 30.7 Å². The van der Waals surface area contributed by atoms with Gasteiger partial charge in [-0.25, -0.2) is 0 Å². The summed E-state index contributed by atoms with van der Waals surface area (Å²) in [5.74, 6) is -0.114. The number of hydrogen-bond donors (Lipinski definition) is 2. The van der Waals surface area contributed by atoms with Crippen molar-refractivity contribution >= 4 is 46.7 Å². The number of hydrogen-bond acceptors (Lipinski definition) is 3. The van der Waals surface area contributed by atoms with E-state index in [4.69, 9.17) is 5.73 Å². The maximum atomic E-state index is 12.5. The summed E-state index contributed by atoms with van der Waals surface area (Å²) in [6.07, 6.45) is 3.64. The van der Waals surface area contributed by atoms with Gasteiger partial charge in [-0.3, -0.25) is 9.69 Å². The standard InChI is InChI=1S/C17H26BrN3O.2ClH/c1-3-21-11-5-4-6-15(21)12-20-16(22)17(2,19)13-7-9-14(18)10-8-13;;/h7-10,15H,3-6,11-12,19H2,1-2H3,(H,20,22);2*1H. The number of nitrogens with zero attached hydrogens (tertiary/aromatic N) is 1. The molecular weight excluding hydrogens is 413 g/mol. The lowest BCUT2D eigenvalue weighted by molar-refractivity contribution is -0.126. The molecule has 1 saturated heterocycles. The molecule has 0 radical (unpaired) electrons. The smallest absolute Gasteiger partial charge is 0.244 e. The maximum Gasteiger partial charge on any atom is 0.244 e. The number of nitrogens with one attached hydrogen (secondary N) is 1. The van der Waals surface area contributed by atoms with E-state index in [9.17, 15) is 4.79 Å². The molecule has 1 aliphatic heterocycles. The van der Waals surface area contributed by atoms with Crippen molar-refractivity contribution in [3.8, 4) is 0 Å². The Morgan fingerprint density at radius 1 is 1.33 bits per heavy atom. The summed E-state index contributed by atoms with van der Waals surface area (Å²) in [7, 11) is 0. The van der Waals surface area contributed by atoms with Crippen molar-refractivity contribution in [1.29, 1.82) is 0 Å². The third-order valence-electron chi connectivity index (χ3n) is 4.57. The van der Waals surface area contributed by atoms with E-state index in [1.54, 1.807) is 6.92 Å². The van der Waals surface area contributed by atoms with Gasteiger partial charge in [-0.15, -0.1) is 24.8 Å². The van der Waals surface area contributed by atoms with Gasteiger partial charge < -0.3 is 11.1 Å². The first-order valence-electron chi connectivity index (χ1n) is 8.02. The van der Waals surface area contributed by atoms with Gasteiger partial charge in [-0.1, -0.05) is 41.4 Å². The third kappa shape index (κ3) is 5.88. The van der Waals surface area contributed by atoms with E-state index < -0.39 is 5.54 Å². The lowest BCUT2D eigenvalue weighted by atomic mass is 9.92. The van der Waals surface area contributed by atoms with E-state index in [2.05, 4.69) is 33.1 Å². The molecule has 1 heterocycles. The molecule has 24 heavy (non-hydrogen) atoms. The summed E-state index contributed by atoms with van der Waals surface area (Å²) in [6, 6.07) is 8.04. The largest absolute Gasteiger partial charge is 0.353 e. The topological polar surface area (TPSA) is 58.4 Å². The zero-order chi connectivity index (χ0) is 16.2. The van der Waals surface area contributed by atoms with E-state index in [0.29, 0.717) is 12.6 Å². The van der Waals surface area contributed by atoms with Crippen molar-refractivity contribution in [2.45, 2.75) is 44.7 Å². The fraction of sp³-hybridized carbons (Fsp3) is 0.588. The highest BCUT2D eigenvalue weighted by Gasteiger charge is 2.31. The minimum absolute atomic E-state index is 0. The predicted octanol–water partition coefficient (Wildman–Crippen LogP) is 3.46. The van der Waals surface area contributed by atoms with E-state index in [0.717, 1.165) is 29.5 Å². The molecule has 1 aromatic carbocycles. The highest BCUT2D eigenvalue weighted by atomic mass is 79.9. The molecule has 2 atom stereocenters. The second-order valence-corrected chi connectivity index (χ2v) is 7.11. The van der Waals surface area contributed by atoms with Crippen molar-refractivity contribution < 1.29 is 4.79 Å². The molecule has 2 rings (SSSR count). The number of carbonyl (C=O) groups excluding carboxylic acids is 1. The highest BCUT2D eigenvalue weighted by molar-refractivity contribution is 9.10. The average Bonchev–Trinajstić information content (AvgIpc) is 2.53. The Hall–Kier alpha value is -0.330. The number of rotatable bonds is 5. The summed E-state index contributed by atoms with van der Waals surface area (Å²) in [4.78, 5) is 15.0. The molecule has 0 aromatic heterocycles. The van der Waals surface area contributed by atoms with Gasteiger partial charge >= 0.3 is 0 Å². The molecule has 4 nitrogen and oxygen atoms in total. The van der Waals surface area contributed by atoms with Crippen LogP contribution in [0.2, 0.25) is 0 Å². The van der Waals surface area contributed by atoms with Crippen LogP contribution in [-0.2, 0) is 10.3 Å². The highest BCUT2D eigenvalue weighted by Crippen LogP contribution is 2.21. The number of carbonyl (C=O) groups is 1. The number of likely N-dealkylation sites (N-methyl/N-ethyl adjacent to an activating group) is 1. The lowest BCUT2D eigenvalue weighted by Crippen LogP contribution is -2.53. The lowest BCUT2D eigenvalue weighted by Gasteiger charge is -2.35. The molecule has 0 spiro atoms. The molecule has 7 heteroatoms. The number of nitrogens with two attached hydrogens (primary N) is 1. The molecule has 2 unspecified atom stereocenters. The van der Waals surface area contributed by atoms with Crippen molar-refractivity contribution in [2.75, 3.05) is 19.6 Å². The van der Waals surface area contributed by atoms with Crippen molar-refractivity contribution in [3.05, 3.63) is 34.3 Å². The summed E-state index contributed by atoms with van der Waals surface area (Å²) < 4.78 is 0.980. The zero-order valence-corrected chi connectivity index (χ0v) is 17.5. The Labute approximate surface area is 165 Å². The summed E-state index contributed by atoms with van der Waals surface area (Å²) >= 11 is 3.40. The second kappa shape index (κ2) is 10.6. The SMILES string of the molecule is CCN1CCCCC1CNC(=O)C(C)(N)c1ccc(Br)cc1.Cl.Cl. The number of benzene rings is 1. The van der Waals surface area contributed by atoms with Crippen molar-refractivity contribution in [1.82, 2.24) is 10.2 Å². The van der Waals surface area contributed by atoms with Gasteiger partial charge in [0.05, 0.1) is 0 Å². The van der Waals surface area contributed by atoms with Crippen LogP contribution in [0.25, 0.3) is 0 Å². The van der Waals surface area contributed by atoms with Gasteiger partial charge in [-0.05, 0) is 50.6 Å². The fourth-order valence-corrected chi connectivity index (χ4v) is 3.29. The second-order valence-electron chi connectivity index (χ2n) is 6.20. The molecule has 0 aliphatic carbocycles. The van der Waals surface area contributed by atoms with Crippen LogP contribution in [0.4, 0.5) is 0 Å². The van der Waals surface area contributed by atoms with Gasteiger partial charge in [0.1, 0.15) is 5.54 Å². The van der Waals surface area contributed by atoms with Gasteiger partial charge in [0.2, 0.25) is 5.91 Å². The first-order valence-corrected chi connectivity index (χ1v) is 8.81. The van der Waals surface area contributed by atoms with E-state index >= 15 is 0 Å². The van der Waals surface area contributed by atoms with Crippen molar-refractivity contribution in [3.63, 3.8) is 0 Å². The summed E-state index contributed by atoms with van der Waals surface area (Å²) in [5, 5.41) is 3.05. The van der Waals surface area contributed by atoms with Gasteiger partial charge in [0, 0.05) is 17.1 Å². The molecule has 0 bridgehead atoms. The molecule has 0 saturated carbocycles. The minimum Gasteiger partial charge on any atom is -0.353 e. The molecule has 1 aromatic rings. The van der Waals surface area contributed by atoms with E-state index in [1.807, 2.05) is 24.3 Å². The number of piperidine rings is 1. The summed E-state index contributed by atoms with van der Waals surface area (Å²) in [6.45, 7) is 6.78. The zero-order valence-electron chi connectivity index (χ0n) is 14.3. The molecule has 1 fully saturated rings. The first kappa shape index (κ1) is 23.7. The van der Waals surface area contributed by atoms with Crippen LogP contribution in [0.15, 0.2) is 28.7 Å². The normalized spacial score (nSPS) is 20.2. The average molecular weight is 441 g/mol. The number of amides is 1. The van der Waals surface area contributed by atoms with Gasteiger partial charge in [-0.2, -0.15) is 0 Å². The van der Waals surface area contributed by atoms with Crippen molar-refractivity contribution in [2.24, 2.45) is 5.73 Å². The van der Waals surface area contributed by atoms with Crippen LogP contribution in [0.3, 0.4) is 0 Å². The number of halogens is 3. The molecule has 1 amide bonds. The quantitative estimate of drug-likeness (QED) is 0.736. The Morgan fingerprint density at radius 2 is 1.96 bits per heavy atom. The molecular formula is C17H28BrCl2N3O. The Bertz CT molecular complexity index is 511. The predicted molar refractivity (Wildman–Crippen MR) is 108 cm³/mol. The Balaban J connectivity index is 0.00000264. The maximum absolute atomic E-state index is 12.5. The van der Waals surface area contributed by atoms with Crippen LogP contribution in [0.1, 0.15) is 38.7 Å². The first-order chi connectivity index (χ1) is 10.4. The molecule has 1 aliphatic rings.